The van der Waals surface area contributed by atoms with E-state index in [-0.39, 0.29) is 10.6 Å². The number of nitro groups is 1. The molecule has 1 aromatic heterocycles. The third-order valence-electron chi connectivity index (χ3n) is 5.43. The number of benzene rings is 2. The molecule has 0 N–H and O–H groups in total. The molecular formula is C23H19N3O6S. The zero-order valence-electron chi connectivity index (χ0n) is 17.8. The second-order valence-electron chi connectivity index (χ2n) is 7.37. The van der Waals surface area contributed by atoms with Crippen molar-refractivity contribution in [3.05, 3.63) is 80.4 Å². The molecule has 2 aromatic carbocycles. The van der Waals surface area contributed by atoms with Gasteiger partial charge < -0.3 is 9.30 Å². The van der Waals surface area contributed by atoms with Crippen LogP contribution in [0.15, 0.2) is 53.4 Å². The van der Waals surface area contributed by atoms with E-state index in [0.29, 0.717) is 6.54 Å². The second kappa shape index (κ2) is 8.91. The highest BCUT2D eigenvalue weighted by Crippen LogP contribution is 2.35. The molecule has 4 rings (SSSR count). The molecule has 10 heteroatoms. The lowest BCUT2D eigenvalue weighted by Gasteiger charge is -2.10. The molecule has 1 saturated heterocycles. The molecule has 0 saturated carbocycles. The molecule has 0 radical (unpaired) electrons. The lowest BCUT2D eigenvalue weighted by Crippen LogP contribution is -2.34. The molecule has 2 heterocycles. The van der Waals surface area contributed by atoms with Crippen LogP contribution in [0.3, 0.4) is 0 Å². The summed E-state index contributed by atoms with van der Waals surface area (Å²) >= 11 is 0.782. The normalized spacial score (nSPS) is 15.0. The smallest absolute Gasteiger partial charge is 0.325 e. The van der Waals surface area contributed by atoms with Crippen LogP contribution in [-0.2, 0) is 20.9 Å². The number of para-hydroxylation sites is 1. The first-order valence-corrected chi connectivity index (χ1v) is 10.7. The lowest BCUT2D eigenvalue weighted by molar-refractivity contribution is -0.384. The number of esters is 1. The number of nitrogens with zero attached hydrogens (tertiary/aromatic N) is 3. The average Bonchev–Trinajstić information content (AvgIpc) is 3.22. The van der Waals surface area contributed by atoms with Crippen molar-refractivity contribution in [1.29, 1.82) is 0 Å². The van der Waals surface area contributed by atoms with Crippen LogP contribution in [0.2, 0.25) is 0 Å². The summed E-state index contributed by atoms with van der Waals surface area (Å²) in [6, 6.07) is 14.0. The number of thioether (sulfide) groups is 1. The Morgan fingerprint density at radius 2 is 1.85 bits per heavy atom. The molecule has 2 amide bonds. The maximum atomic E-state index is 12.8. The van der Waals surface area contributed by atoms with Crippen LogP contribution in [-0.4, -0.2) is 45.2 Å². The number of amides is 2. The Labute approximate surface area is 192 Å². The van der Waals surface area contributed by atoms with Crippen LogP contribution in [0.1, 0.15) is 16.8 Å². The zero-order chi connectivity index (χ0) is 23.7. The van der Waals surface area contributed by atoms with E-state index in [1.165, 1.54) is 19.2 Å². The number of carbonyl (C=O) groups excluding carboxylic acids is 3. The van der Waals surface area contributed by atoms with Gasteiger partial charge >= 0.3 is 5.97 Å². The Morgan fingerprint density at radius 1 is 1.15 bits per heavy atom. The Balaban J connectivity index is 1.72. The zero-order valence-corrected chi connectivity index (χ0v) is 18.6. The van der Waals surface area contributed by atoms with Crippen molar-refractivity contribution in [2.75, 3.05) is 13.7 Å². The summed E-state index contributed by atoms with van der Waals surface area (Å²) in [5.74, 6) is -1.21. The monoisotopic (exact) mass is 465 g/mol. The molecule has 0 spiro atoms. The minimum Gasteiger partial charge on any atom is -0.468 e. The van der Waals surface area contributed by atoms with E-state index in [1.54, 1.807) is 18.2 Å². The largest absolute Gasteiger partial charge is 0.468 e. The first-order chi connectivity index (χ1) is 15.8. The molecule has 9 nitrogen and oxygen atoms in total. The lowest BCUT2D eigenvalue weighted by atomic mass is 10.1. The number of fused-ring (bicyclic) bond motifs is 1. The van der Waals surface area contributed by atoms with Crippen LogP contribution < -0.4 is 0 Å². The Morgan fingerprint density at radius 3 is 2.52 bits per heavy atom. The molecule has 33 heavy (non-hydrogen) atoms. The van der Waals surface area contributed by atoms with Crippen molar-refractivity contribution < 1.29 is 24.0 Å². The van der Waals surface area contributed by atoms with Gasteiger partial charge in [0.2, 0.25) is 0 Å². The summed E-state index contributed by atoms with van der Waals surface area (Å²) in [5, 5.41) is 11.3. The van der Waals surface area contributed by atoms with Crippen molar-refractivity contribution in [2.45, 2.75) is 13.5 Å². The van der Waals surface area contributed by atoms with Crippen molar-refractivity contribution in [1.82, 2.24) is 9.47 Å². The molecule has 0 bridgehead atoms. The highest BCUT2D eigenvalue weighted by atomic mass is 32.2. The van der Waals surface area contributed by atoms with Crippen LogP contribution >= 0.6 is 11.8 Å². The molecule has 0 aliphatic carbocycles. The van der Waals surface area contributed by atoms with E-state index < -0.39 is 28.6 Å². The molecule has 1 fully saturated rings. The van der Waals surface area contributed by atoms with Gasteiger partial charge in [0.15, 0.2) is 0 Å². The molecule has 0 atom stereocenters. The van der Waals surface area contributed by atoms with Crippen molar-refractivity contribution in [3.8, 4) is 0 Å². The van der Waals surface area contributed by atoms with Crippen LogP contribution in [0.4, 0.5) is 10.5 Å². The molecule has 1 aliphatic heterocycles. The Kier molecular flexibility index (Phi) is 6.01. The second-order valence-corrected chi connectivity index (χ2v) is 8.36. The number of carbonyl (C=O) groups is 3. The quantitative estimate of drug-likeness (QED) is 0.233. The van der Waals surface area contributed by atoms with E-state index in [2.05, 4.69) is 9.30 Å². The number of hydrogen-bond acceptors (Lipinski definition) is 7. The summed E-state index contributed by atoms with van der Waals surface area (Å²) in [7, 11) is 1.19. The van der Waals surface area contributed by atoms with E-state index >= 15 is 0 Å². The topological polar surface area (TPSA) is 112 Å². The number of rotatable bonds is 6. The van der Waals surface area contributed by atoms with Gasteiger partial charge in [0, 0.05) is 40.8 Å². The number of non-ortho nitro benzene ring substituents is 1. The molecule has 168 valence electrons. The summed E-state index contributed by atoms with van der Waals surface area (Å²) in [4.78, 5) is 48.2. The van der Waals surface area contributed by atoms with Gasteiger partial charge in [0.1, 0.15) is 6.54 Å². The maximum Gasteiger partial charge on any atom is 0.325 e. The van der Waals surface area contributed by atoms with Crippen LogP contribution in [0.25, 0.3) is 17.0 Å². The Hall–Kier alpha value is -3.92. The number of methoxy groups -OCH3 is 1. The van der Waals surface area contributed by atoms with Crippen molar-refractivity contribution in [3.63, 3.8) is 0 Å². The van der Waals surface area contributed by atoms with Gasteiger partial charge in [-0.1, -0.05) is 30.3 Å². The fraction of sp³-hybridized carbons (Fsp3) is 0.174. The van der Waals surface area contributed by atoms with Gasteiger partial charge in [-0.2, -0.15) is 0 Å². The van der Waals surface area contributed by atoms with Crippen molar-refractivity contribution in [2.24, 2.45) is 0 Å². The number of aromatic nitrogens is 1. The first kappa shape index (κ1) is 22.3. The minimum absolute atomic E-state index is 0.0243. The average molecular weight is 465 g/mol. The SMILES string of the molecule is COC(=O)CN1C(=O)S/C(=C/c2c(C)n(Cc3ccc([N+](=O)[O-])cc3)c3ccccc23)C1=O. The van der Waals surface area contributed by atoms with Crippen molar-refractivity contribution >= 4 is 51.5 Å². The van der Waals surface area contributed by atoms with Gasteiger partial charge in [-0.25, -0.2) is 0 Å². The number of ether oxygens (including phenoxy) is 1. The summed E-state index contributed by atoms with van der Waals surface area (Å²) in [6.45, 7) is 1.96. The molecular weight excluding hydrogens is 446 g/mol. The number of imide groups is 1. The fourth-order valence-corrected chi connectivity index (χ4v) is 4.53. The van der Waals surface area contributed by atoms with E-state index in [1.807, 2.05) is 31.2 Å². The third kappa shape index (κ3) is 4.24. The fourth-order valence-electron chi connectivity index (χ4n) is 3.71. The van der Waals surface area contributed by atoms with Crippen LogP contribution in [0, 0.1) is 17.0 Å². The third-order valence-corrected chi connectivity index (χ3v) is 6.34. The maximum absolute atomic E-state index is 12.8. The van der Waals surface area contributed by atoms with E-state index in [0.717, 1.165) is 44.4 Å². The predicted octanol–water partition coefficient (Wildman–Crippen LogP) is 4.12. The Bertz CT molecular complexity index is 1330. The predicted molar refractivity (Wildman–Crippen MR) is 124 cm³/mol. The standard InChI is InChI=1S/C23H19N3O6S/c1-14-18(11-20-22(28)25(23(29)33-20)13-21(27)32-2)17-5-3-4-6-19(17)24(14)12-15-7-9-16(10-8-15)26(30)31/h3-11H,12-13H2,1-2H3/b20-11+. The molecule has 1 aliphatic rings. The molecule has 3 aromatic rings. The number of nitro benzene ring substituents is 1. The summed E-state index contributed by atoms with van der Waals surface area (Å²) in [6.07, 6.45) is 1.67. The van der Waals surface area contributed by atoms with Gasteiger partial charge in [-0.15, -0.1) is 0 Å². The highest BCUT2D eigenvalue weighted by molar-refractivity contribution is 8.18. The van der Waals surface area contributed by atoms with Gasteiger partial charge in [0.25, 0.3) is 16.8 Å². The molecule has 0 unspecified atom stereocenters. The summed E-state index contributed by atoms with van der Waals surface area (Å²) in [5.41, 5.74) is 3.49. The van der Waals surface area contributed by atoms with Gasteiger partial charge in [0.05, 0.1) is 16.9 Å². The van der Waals surface area contributed by atoms with Gasteiger partial charge in [-0.3, -0.25) is 29.4 Å². The van der Waals surface area contributed by atoms with Crippen LogP contribution in [0.5, 0.6) is 0 Å². The van der Waals surface area contributed by atoms with E-state index in [4.69, 9.17) is 0 Å². The van der Waals surface area contributed by atoms with E-state index in [9.17, 15) is 24.5 Å². The summed E-state index contributed by atoms with van der Waals surface area (Å²) < 4.78 is 6.62. The minimum atomic E-state index is -0.672. The first-order valence-electron chi connectivity index (χ1n) is 9.93. The highest BCUT2D eigenvalue weighted by Gasteiger charge is 2.37. The number of hydrogen-bond donors (Lipinski definition) is 0. The van der Waals surface area contributed by atoms with Gasteiger partial charge in [-0.05, 0) is 36.4 Å².